The maximum atomic E-state index is 13.0. The Bertz CT molecular complexity index is 1640. The lowest BCUT2D eigenvalue weighted by Crippen LogP contribution is -2.27. The summed E-state index contributed by atoms with van der Waals surface area (Å²) in [7, 11) is -3.84. The highest BCUT2D eigenvalue weighted by Gasteiger charge is 2.21. The van der Waals surface area contributed by atoms with Gasteiger partial charge in [-0.3, -0.25) is 4.72 Å². The number of nitrogens with one attached hydrogen (secondary N) is 2. The molecular formula is C31H30N2O8S. The zero-order valence-corrected chi connectivity index (χ0v) is 23.3. The number of aliphatic carboxylic acids is 1. The maximum Gasteiger partial charge on any atom is 0.341 e. The van der Waals surface area contributed by atoms with Crippen molar-refractivity contribution in [1.82, 2.24) is 5.32 Å². The lowest BCUT2D eigenvalue weighted by molar-refractivity contribution is -0.139. The average Bonchev–Trinajstić information content (AvgIpc) is 2.99. The molecule has 0 amide bonds. The summed E-state index contributed by atoms with van der Waals surface area (Å²) >= 11 is 0. The number of aliphatic hydroxyl groups excluding tert-OH is 1. The monoisotopic (exact) mass is 590 g/mol. The molecule has 4 aromatic rings. The van der Waals surface area contributed by atoms with E-state index in [9.17, 15) is 18.3 Å². The molecule has 0 fully saturated rings. The number of fused-ring (bicyclic) bond motifs is 4. The molecule has 0 saturated heterocycles. The van der Waals surface area contributed by atoms with Gasteiger partial charge in [0.05, 0.1) is 16.7 Å². The third-order valence-corrected chi connectivity index (χ3v) is 7.90. The van der Waals surface area contributed by atoms with Crippen LogP contribution in [0.3, 0.4) is 0 Å². The van der Waals surface area contributed by atoms with Crippen LogP contribution in [-0.2, 0) is 21.4 Å². The lowest BCUT2D eigenvalue weighted by Gasteiger charge is -2.20. The minimum atomic E-state index is -3.84. The van der Waals surface area contributed by atoms with Crippen molar-refractivity contribution >= 4 is 21.7 Å². The second-order valence-electron chi connectivity index (χ2n) is 9.59. The van der Waals surface area contributed by atoms with E-state index in [1.807, 2.05) is 36.4 Å². The fourth-order valence-corrected chi connectivity index (χ4v) is 5.55. The van der Waals surface area contributed by atoms with Crippen LogP contribution in [0.4, 0.5) is 5.69 Å². The molecule has 0 aliphatic carbocycles. The van der Waals surface area contributed by atoms with Gasteiger partial charge in [0.1, 0.15) is 30.5 Å². The molecule has 0 spiro atoms. The van der Waals surface area contributed by atoms with Gasteiger partial charge in [-0.2, -0.15) is 0 Å². The standard InChI is InChI=1S/C31H30N2O8S/c34-30(28-13-12-26-17-29(28)33-42(37,38)27-3-1-2-21(16-27)19-40-26)18-32-14-15-39-24-8-4-22(5-9-24)23-6-10-25(11-7-23)41-20-31(35)36/h1-13,16-17,30,32-34H,14-15,18-20H2,(H,35,36). The smallest absolute Gasteiger partial charge is 0.341 e. The lowest BCUT2D eigenvalue weighted by atomic mass is 10.1. The predicted octanol–water partition coefficient (Wildman–Crippen LogP) is 4.21. The van der Waals surface area contributed by atoms with Crippen molar-refractivity contribution in [1.29, 1.82) is 0 Å². The molecule has 1 heterocycles. The fraction of sp³-hybridized carbons (Fsp3) is 0.194. The Morgan fingerprint density at radius 3 is 2.31 bits per heavy atom. The minimum Gasteiger partial charge on any atom is -0.492 e. The van der Waals surface area contributed by atoms with Gasteiger partial charge in [-0.15, -0.1) is 0 Å². The maximum absolute atomic E-state index is 13.0. The zero-order valence-electron chi connectivity index (χ0n) is 22.5. The number of carboxylic acid groups (broad SMARTS) is 1. The Morgan fingerprint density at radius 1 is 0.929 bits per heavy atom. The predicted molar refractivity (Wildman–Crippen MR) is 156 cm³/mol. The van der Waals surface area contributed by atoms with Crippen molar-refractivity contribution < 1.29 is 37.6 Å². The van der Waals surface area contributed by atoms with Gasteiger partial charge < -0.3 is 29.7 Å². The number of ether oxygens (including phenoxy) is 3. The van der Waals surface area contributed by atoms with Gasteiger partial charge in [0.25, 0.3) is 10.0 Å². The van der Waals surface area contributed by atoms with E-state index in [-0.39, 0.29) is 30.3 Å². The summed E-state index contributed by atoms with van der Waals surface area (Å²) in [6.45, 7) is 0.822. The van der Waals surface area contributed by atoms with Crippen LogP contribution in [0.15, 0.2) is 95.9 Å². The molecule has 5 rings (SSSR count). The highest BCUT2D eigenvalue weighted by Crippen LogP contribution is 2.31. The number of anilines is 1. The van der Waals surface area contributed by atoms with Crippen molar-refractivity contribution in [2.75, 3.05) is 31.0 Å². The molecule has 4 bridgehead atoms. The van der Waals surface area contributed by atoms with Crippen LogP contribution in [-0.4, -0.2) is 50.9 Å². The summed E-state index contributed by atoms with van der Waals surface area (Å²) in [6.07, 6.45) is -0.980. The van der Waals surface area contributed by atoms with Crippen LogP contribution in [0.1, 0.15) is 17.2 Å². The molecule has 1 aliphatic rings. The molecule has 4 aromatic carbocycles. The van der Waals surface area contributed by atoms with Crippen molar-refractivity contribution in [3.63, 3.8) is 0 Å². The molecule has 10 nitrogen and oxygen atoms in total. The van der Waals surface area contributed by atoms with Gasteiger partial charge in [-0.05, 0) is 59.2 Å². The Labute approximate surface area is 243 Å². The third-order valence-electron chi connectivity index (χ3n) is 6.53. The summed E-state index contributed by atoms with van der Waals surface area (Å²) in [6, 6.07) is 26.2. The van der Waals surface area contributed by atoms with Crippen LogP contribution in [0, 0.1) is 0 Å². The fourth-order valence-electron chi connectivity index (χ4n) is 4.40. The molecule has 1 unspecified atom stereocenters. The average molecular weight is 591 g/mol. The van der Waals surface area contributed by atoms with Crippen molar-refractivity contribution in [3.8, 4) is 28.4 Å². The Kier molecular flexibility index (Phi) is 8.91. The largest absolute Gasteiger partial charge is 0.492 e. The van der Waals surface area contributed by atoms with E-state index in [1.54, 1.807) is 48.5 Å². The summed E-state index contributed by atoms with van der Waals surface area (Å²) in [4.78, 5) is 10.8. The molecule has 1 atom stereocenters. The zero-order chi connectivity index (χ0) is 29.5. The van der Waals surface area contributed by atoms with Crippen molar-refractivity contribution in [3.05, 3.63) is 102 Å². The molecule has 0 radical (unpaired) electrons. The van der Waals surface area contributed by atoms with Gasteiger partial charge in [-0.25, -0.2) is 13.2 Å². The highest BCUT2D eigenvalue weighted by molar-refractivity contribution is 7.92. The van der Waals surface area contributed by atoms with Crippen LogP contribution >= 0.6 is 0 Å². The summed E-state index contributed by atoms with van der Waals surface area (Å²) in [5.41, 5.74) is 3.34. The van der Waals surface area contributed by atoms with Crippen LogP contribution in [0.5, 0.6) is 17.2 Å². The minimum absolute atomic E-state index is 0.125. The number of aliphatic hydroxyl groups is 1. The first-order valence-corrected chi connectivity index (χ1v) is 14.7. The summed E-state index contributed by atoms with van der Waals surface area (Å²) in [5.74, 6) is 0.626. The van der Waals surface area contributed by atoms with Gasteiger partial charge in [0.15, 0.2) is 6.61 Å². The molecule has 218 valence electrons. The van der Waals surface area contributed by atoms with Crippen LogP contribution in [0.2, 0.25) is 0 Å². The van der Waals surface area contributed by atoms with E-state index in [0.717, 1.165) is 16.7 Å². The number of rotatable bonds is 11. The Morgan fingerprint density at radius 2 is 1.62 bits per heavy atom. The van der Waals surface area contributed by atoms with E-state index >= 15 is 0 Å². The van der Waals surface area contributed by atoms with E-state index in [0.29, 0.717) is 36.0 Å². The molecule has 0 saturated carbocycles. The van der Waals surface area contributed by atoms with E-state index < -0.39 is 22.1 Å². The quantitative estimate of drug-likeness (QED) is 0.189. The van der Waals surface area contributed by atoms with Crippen molar-refractivity contribution in [2.45, 2.75) is 17.6 Å². The van der Waals surface area contributed by atoms with Gasteiger partial charge >= 0.3 is 5.97 Å². The summed E-state index contributed by atoms with van der Waals surface area (Å²) < 4.78 is 45.3. The molecular weight excluding hydrogens is 560 g/mol. The second kappa shape index (κ2) is 12.9. The van der Waals surface area contributed by atoms with Gasteiger partial charge in [0, 0.05) is 24.7 Å². The molecule has 42 heavy (non-hydrogen) atoms. The Hall–Kier alpha value is -4.58. The normalized spacial score (nSPS) is 14.1. The molecule has 11 heteroatoms. The first kappa shape index (κ1) is 28.9. The van der Waals surface area contributed by atoms with E-state index in [4.69, 9.17) is 19.3 Å². The van der Waals surface area contributed by atoms with Crippen molar-refractivity contribution in [2.24, 2.45) is 0 Å². The SMILES string of the molecule is O=C(O)COc1ccc(-c2ccc(OCCNCC(O)c3ccc4cc3NS(=O)(=O)c3cccc(c3)CO4)cc2)cc1. The first-order valence-electron chi connectivity index (χ1n) is 13.2. The molecule has 0 aromatic heterocycles. The van der Waals surface area contributed by atoms with E-state index in [1.165, 1.54) is 6.07 Å². The highest BCUT2D eigenvalue weighted by atomic mass is 32.2. The number of carboxylic acids is 1. The second-order valence-corrected chi connectivity index (χ2v) is 11.3. The first-order chi connectivity index (χ1) is 20.3. The Balaban J connectivity index is 1.12. The number of hydrogen-bond acceptors (Lipinski definition) is 8. The summed E-state index contributed by atoms with van der Waals surface area (Å²) in [5, 5.41) is 22.7. The van der Waals surface area contributed by atoms with Crippen LogP contribution in [0.25, 0.3) is 11.1 Å². The number of hydrogen-bond donors (Lipinski definition) is 4. The third kappa shape index (κ3) is 7.38. The molecule has 1 aliphatic heterocycles. The topological polar surface area (TPSA) is 143 Å². The molecule has 4 N–H and O–H groups in total. The number of benzene rings is 4. The van der Waals surface area contributed by atoms with Crippen LogP contribution < -0.4 is 24.2 Å². The number of sulfonamides is 1. The van der Waals surface area contributed by atoms with Gasteiger partial charge in [-0.1, -0.05) is 42.5 Å². The van der Waals surface area contributed by atoms with Gasteiger partial charge in [0.2, 0.25) is 0 Å². The van der Waals surface area contributed by atoms with E-state index in [2.05, 4.69) is 10.0 Å². The number of carbonyl (C=O) groups is 1.